The fourth-order valence-electron chi connectivity index (χ4n) is 1.68. The summed E-state index contributed by atoms with van der Waals surface area (Å²) in [6.07, 6.45) is 1.50. The summed E-state index contributed by atoms with van der Waals surface area (Å²) in [6, 6.07) is 10.0. The second-order valence-electron chi connectivity index (χ2n) is 4.57. The van der Waals surface area contributed by atoms with E-state index in [1.165, 1.54) is 6.26 Å². The Labute approximate surface area is 137 Å². The highest BCUT2D eigenvalue weighted by atomic mass is 35.5. The van der Waals surface area contributed by atoms with E-state index < -0.39 is 17.7 Å². The molecule has 0 atom stereocenters. The van der Waals surface area contributed by atoms with E-state index >= 15 is 0 Å². The number of hydrogen-bond donors (Lipinski definition) is 3. The zero-order chi connectivity index (χ0) is 16.7. The topological polar surface area (TPSA) is 100 Å². The van der Waals surface area contributed by atoms with Gasteiger partial charge in [0.25, 0.3) is 0 Å². The standard InChI is InChI=1S/C15H14ClN3O4/c16-11-5-3-10(4-6-11)8-13(20)18-19-15(22)14(21)17-9-12-2-1-7-23-12/h1-7H,8-9H2,(H,17,21)(H,18,20)(H,19,22). The molecule has 120 valence electrons. The van der Waals surface area contributed by atoms with Gasteiger partial charge in [0.15, 0.2) is 0 Å². The van der Waals surface area contributed by atoms with Crippen molar-refractivity contribution in [2.45, 2.75) is 13.0 Å². The molecule has 2 aromatic rings. The van der Waals surface area contributed by atoms with Crippen molar-refractivity contribution in [1.82, 2.24) is 16.2 Å². The lowest BCUT2D eigenvalue weighted by Crippen LogP contribution is -2.48. The zero-order valence-electron chi connectivity index (χ0n) is 12.0. The van der Waals surface area contributed by atoms with Crippen molar-refractivity contribution >= 4 is 29.3 Å². The third-order valence-electron chi connectivity index (χ3n) is 2.80. The molecule has 1 aromatic carbocycles. The number of halogens is 1. The minimum Gasteiger partial charge on any atom is -0.467 e. The van der Waals surface area contributed by atoms with Crippen molar-refractivity contribution in [2.75, 3.05) is 0 Å². The number of amides is 3. The third-order valence-corrected chi connectivity index (χ3v) is 3.05. The van der Waals surface area contributed by atoms with E-state index in [9.17, 15) is 14.4 Å². The lowest BCUT2D eigenvalue weighted by molar-refractivity contribution is -0.141. The van der Waals surface area contributed by atoms with Crippen molar-refractivity contribution in [3.8, 4) is 0 Å². The predicted octanol–water partition coefficient (Wildman–Crippen LogP) is 0.939. The first-order valence-electron chi connectivity index (χ1n) is 6.68. The first-order chi connectivity index (χ1) is 11.0. The maximum Gasteiger partial charge on any atom is 0.327 e. The molecule has 1 aromatic heterocycles. The number of nitrogens with one attached hydrogen (secondary N) is 3. The summed E-state index contributed by atoms with van der Waals surface area (Å²) >= 11 is 5.74. The number of carbonyl (C=O) groups is 3. The van der Waals surface area contributed by atoms with Crippen LogP contribution in [-0.2, 0) is 27.3 Å². The minimum atomic E-state index is -0.971. The monoisotopic (exact) mass is 335 g/mol. The molecule has 0 fully saturated rings. The quantitative estimate of drug-likeness (QED) is 0.572. The molecule has 3 amide bonds. The molecule has 2 rings (SSSR count). The van der Waals surface area contributed by atoms with Gasteiger partial charge in [-0.25, -0.2) is 0 Å². The molecule has 0 unspecified atom stereocenters. The van der Waals surface area contributed by atoms with Crippen LogP contribution < -0.4 is 16.2 Å². The van der Waals surface area contributed by atoms with Crippen LogP contribution in [0.5, 0.6) is 0 Å². The molecule has 0 aliphatic rings. The number of carbonyl (C=O) groups excluding carboxylic acids is 3. The molecular weight excluding hydrogens is 322 g/mol. The maximum absolute atomic E-state index is 11.7. The number of hydrogen-bond acceptors (Lipinski definition) is 4. The van der Waals surface area contributed by atoms with Crippen LogP contribution in [0.2, 0.25) is 5.02 Å². The minimum absolute atomic E-state index is 0.0471. The highest BCUT2D eigenvalue weighted by Gasteiger charge is 2.14. The molecule has 0 aliphatic carbocycles. The number of hydrazine groups is 1. The smallest absolute Gasteiger partial charge is 0.327 e. The van der Waals surface area contributed by atoms with Gasteiger partial charge < -0.3 is 9.73 Å². The van der Waals surface area contributed by atoms with Gasteiger partial charge in [-0.1, -0.05) is 23.7 Å². The van der Waals surface area contributed by atoms with Gasteiger partial charge in [-0.15, -0.1) is 0 Å². The van der Waals surface area contributed by atoms with Crippen molar-refractivity contribution in [3.63, 3.8) is 0 Å². The summed E-state index contributed by atoms with van der Waals surface area (Å²) in [5.74, 6) is -1.80. The average molecular weight is 336 g/mol. The summed E-state index contributed by atoms with van der Waals surface area (Å²) in [5, 5.41) is 2.92. The first kappa shape index (κ1) is 16.6. The molecule has 0 saturated heterocycles. The van der Waals surface area contributed by atoms with Crippen LogP contribution in [0.1, 0.15) is 11.3 Å². The van der Waals surface area contributed by atoms with Gasteiger partial charge in [0, 0.05) is 5.02 Å². The van der Waals surface area contributed by atoms with Crippen LogP contribution >= 0.6 is 11.6 Å². The van der Waals surface area contributed by atoms with Crippen LogP contribution in [0.15, 0.2) is 47.1 Å². The van der Waals surface area contributed by atoms with Gasteiger partial charge >= 0.3 is 11.8 Å². The lowest BCUT2D eigenvalue weighted by Gasteiger charge is -2.07. The summed E-state index contributed by atoms with van der Waals surface area (Å²) in [5.41, 5.74) is 4.93. The Morgan fingerprint density at radius 2 is 1.74 bits per heavy atom. The second kappa shape index (κ2) is 8.00. The van der Waals surface area contributed by atoms with Gasteiger partial charge in [0.2, 0.25) is 5.91 Å². The Kier molecular flexibility index (Phi) is 5.76. The van der Waals surface area contributed by atoms with Gasteiger partial charge in [-0.2, -0.15) is 0 Å². The van der Waals surface area contributed by atoms with Gasteiger partial charge in [0.05, 0.1) is 19.2 Å². The molecule has 23 heavy (non-hydrogen) atoms. The Morgan fingerprint density at radius 3 is 2.39 bits per heavy atom. The van der Waals surface area contributed by atoms with Crippen LogP contribution in [0.25, 0.3) is 0 Å². The Bertz CT molecular complexity index is 683. The molecule has 0 bridgehead atoms. The van der Waals surface area contributed by atoms with E-state index in [4.69, 9.17) is 16.0 Å². The Hall–Kier alpha value is -2.80. The van der Waals surface area contributed by atoms with Crippen molar-refractivity contribution in [1.29, 1.82) is 0 Å². The average Bonchev–Trinajstić information content (AvgIpc) is 3.06. The van der Waals surface area contributed by atoms with E-state index in [0.717, 1.165) is 5.56 Å². The second-order valence-corrected chi connectivity index (χ2v) is 5.00. The molecule has 3 N–H and O–H groups in total. The van der Waals surface area contributed by atoms with Gasteiger partial charge in [0.1, 0.15) is 5.76 Å². The largest absolute Gasteiger partial charge is 0.467 e. The molecule has 0 radical (unpaired) electrons. The van der Waals surface area contributed by atoms with Crippen LogP contribution in [-0.4, -0.2) is 17.7 Å². The highest BCUT2D eigenvalue weighted by Crippen LogP contribution is 2.09. The van der Waals surface area contributed by atoms with E-state index in [-0.39, 0.29) is 13.0 Å². The van der Waals surface area contributed by atoms with Crippen LogP contribution in [0.3, 0.4) is 0 Å². The molecule has 1 heterocycles. The van der Waals surface area contributed by atoms with E-state index in [2.05, 4.69) is 10.7 Å². The Balaban J connectivity index is 1.71. The predicted molar refractivity (Wildman–Crippen MR) is 82.0 cm³/mol. The van der Waals surface area contributed by atoms with Crippen molar-refractivity contribution in [2.24, 2.45) is 0 Å². The molecule has 0 saturated carbocycles. The third kappa shape index (κ3) is 5.48. The fraction of sp³-hybridized carbons (Fsp3) is 0.133. The molecular formula is C15H14ClN3O4. The summed E-state index contributed by atoms with van der Waals surface area (Å²) < 4.78 is 5.01. The Morgan fingerprint density at radius 1 is 1.00 bits per heavy atom. The van der Waals surface area contributed by atoms with Gasteiger partial charge in [-0.3, -0.25) is 25.2 Å². The summed E-state index contributed by atoms with van der Waals surface area (Å²) in [4.78, 5) is 34.7. The summed E-state index contributed by atoms with van der Waals surface area (Å²) in [7, 11) is 0. The number of furan rings is 1. The SMILES string of the molecule is O=C(Cc1ccc(Cl)cc1)NNC(=O)C(=O)NCc1ccco1. The van der Waals surface area contributed by atoms with Crippen molar-refractivity contribution < 1.29 is 18.8 Å². The van der Waals surface area contributed by atoms with E-state index in [0.29, 0.717) is 10.8 Å². The van der Waals surface area contributed by atoms with Crippen LogP contribution in [0, 0.1) is 0 Å². The normalized spacial score (nSPS) is 9.96. The number of benzene rings is 1. The maximum atomic E-state index is 11.7. The fourth-order valence-corrected chi connectivity index (χ4v) is 1.80. The van der Waals surface area contributed by atoms with Gasteiger partial charge in [-0.05, 0) is 29.8 Å². The van der Waals surface area contributed by atoms with Crippen molar-refractivity contribution in [3.05, 3.63) is 59.0 Å². The van der Waals surface area contributed by atoms with E-state index in [1.54, 1.807) is 36.4 Å². The zero-order valence-corrected chi connectivity index (χ0v) is 12.7. The molecule has 7 nitrogen and oxygen atoms in total. The molecule has 0 aliphatic heterocycles. The first-order valence-corrected chi connectivity index (χ1v) is 7.06. The molecule has 8 heteroatoms. The summed E-state index contributed by atoms with van der Waals surface area (Å²) in [6.45, 7) is 0.0813. The highest BCUT2D eigenvalue weighted by molar-refractivity contribution is 6.35. The lowest BCUT2D eigenvalue weighted by atomic mass is 10.1. The van der Waals surface area contributed by atoms with Crippen LogP contribution in [0.4, 0.5) is 0 Å². The van der Waals surface area contributed by atoms with E-state index in [1.807, 2.05) is 5.43 Å². The molecule has 0 spiro atoms. The number of rotatable bonds is 4.